The van der Waals surface area contributed by atoms with E-state index in [4.69, 9.17) is 13.3 Å². The summed E-state index contributed by atoms with van der Waals surface area (Å²) < 4.78 is 21.0. The number of anilines is 3. The average Bonchev–Trinajstić information content (AvgIpc) is 1.51. The molecule has 0 saturated carbocycles. The van der Waals surface area contributed by atoms with Crippen molar-refractivity contribution in [3.05, 3.63) is 267 Å². The second-order valence-corrected chi connectivity index (χ2v) is 31.4. The Bertz CT molecular complexity index is 5860. The van der Waals surface area contributed by atoms with Gasteiger partial charge in [0.05, 0.1) is 0 Å². The maximum atomic E-state index is 7.22. The molecule has 0 fully saturated rings. The SMILES string of the molecule is CC1(C)c2cc(N(c3ccc4c(c3)C(C)(C)c3c5c(c6c(oc7ccccc76)c3-4)-c3ccccc3C5(C)C)c3ccc4c(c3)C(C)(C)c3c5c(c6c(oc7ccccc76)c3-4)-c3ccccc3C5(C)C)ccc2-c2cc3c(cc21)-c1c(ccc2oc4ccccc4c12)C3(C)C. The summed E-state index contributed by atoms with van der Waals surface area (Å²) in [5, 5.41) is 7.17. The summed E-state index contributed by atoms with van der Waals surface area (Å²) in [6, 6.07) is 75.9. The van der Waals surface area contributed by atoms with E-state index in [1.54, 1.807) is 0 Å². The zero-order chi connectivity index (χ0) is 63.5. The van der Waals surface area contributed by atoms with Crippen LogP contribution in [-0.2, 0) is 32.5 Å². The van der Waals surface area contributed by atoms with Crippen LogP contribution >= 0.6 is 0 Å². The van der Waals surface area contributed by atoms with Crippen LogP contribution in [0.3, 0.4) is 0 Å². The number of benzene rings is 12. The van der Waals surface area contributed by atoms with Gasteiger partial charge in [-0.3, -0.25) is 0 Å². The lowest BCUT2D eigenvalue weighted by Crippen LogP contribution is -2.24. The van der Waals surface area contributed by atoms with Gasteiger partial charge in [0, 0.05) is 93.0 Å². The largest absolute Gasteiger partial charge is 0.456 e. The zero-order valence-corrected chi connectivity index (χ0v) is 55.2. The van der Waals surface area contributed by atoms with Crippen molar-refractivity contribution in [3.8, 4) is 66.8 Å². The van der Waals surface area contributed by atoms with Crippen molar-refractivity contribution in [2.45, 2.75) is 116 Å². The third-order valence-electron chi connectivity index (χ3n) is 24.5. The molecule has 21 rings (SSSR count). The normalized spacial score (nSPS) is 17.2. The van der Waals surface area contributed by atoms with Gasteiger partial charge < -0.3 is 18.2 Å². The molecule has 0 amide bonds. The van der Waals surface area contributed by atoms with E-state index in [0.29, 0.717) is 0 Å². The third-order valence-corrected chi connectivity index (χ3v) is 24.5. The van der Waals surface area contributed by atoms with Crippen molar-refractivity contribution < 1.29 is 13.3 Å². The van der Waals surface area contributed by atoms with Crippen LogP contribution in [0.25, 0.3) is 133 Å². The molecule has 4 heteroatoms. The van der Waals surface area contributed by atoms with Crippen LogP contribution in [-0.4, -0.2) is 0 Å². The molecule has 0 unspecified atom stereocenters. The number of hydrogen-bond acceptors (Lipinski definition) is 4. The fourth-order valence-electron chi connectivity index (χ4n) is 20.2. The fraction of sp³-hybridized carbons (Fsp3) is 0.200. The Balaban J connectivity index is 0.791. The predicted molar refractivity (Wildman–Crippen MR) is 388 cm³/mol. The van der Waals surface area contributed by atoms with Crippen molar-refractivity contribution in [1.29, 1.82) is 0 Å². The summed E-state index contributed by atoms with van der Waals surface area (Å²) in [5.41, 5.74) is 38.9. The van der Waals surface area contributed by atoms with Crippen molar-refractivity contribution >= 4 is 82.9 Å². The summed E-state index contributed by atoms with van der Waals surface area (Å²) in [4.78, 5) is 2.58. The van der Waals surface area contributed by atoms with Crippen LogP contribution in [0.2, 0.25) is 0 Å². The standard InChI is InChI=1S/C90H69NO3/c1-85(2)61-39-40-70-72(54-25-15-20-30-67(54)92-70)71(61)58-45-65-57(44-66(58)85)49-36-33-46(41-62(49)86(65,3)4)91(47-34-37-52-63(42-47)89(9,10)81-77(52)83-75(55-26-16-21-31-68(55)93-83)73-50-23-13-18-28-59(50)87(5,6)79(73)81)48-35-38-53-64(43-48)90(11,12)82-78(53)84-76(56-27-17-22-32-69(56)94-84)74-51-24-14-19-29-60(51)88(7,8)80(74)82/h13-45H,1-12H3. The van der Waals surface area contributed by atoms with E-state index in [1.165, 1.54) is 166 Å². The molecule has 0 spiro atoms. The summed E-state index contributed by atoms with van der Waals surface area (Å²) in [7, 11) is 0. The smallest absolute Gasteiger partial charge is 0.144 e. The summed E-state index contributed by atoms with van der Waals surface area (Å²) in [5.74, 6) is 0. The van der Waals surface area contributed by atoms with Crippen LogP contribution < -0.4 is 4.90 Å². The van der Waals surface area contributed by atoms with Crippen molar-refractivity contribution in [2.24, 2.45) is 0 Å². The van der Waals surface area contributed by atoms with E-state index in [9.17, 15) is 0 Å². The minimum absolute atomic E-state index is 0.218. The molecule has 0 saturated heterocycles. The second-order valence-electron chi connectivity index (χ2n) is 31.4. The monoisotopic (exact) mass is 1210 g/mol. The third kappa shape index (κ3) is 6.07. The molecule has 0 bridgehead atoms. The van der Waals surface area contributed by atoms with Gasteiger partial charge in [0.2, 0.25) is 0 Å². The molecule has 452 valence electrons. The van der Waals surface area contributed by atoms with Crippen molar-refractivity contribution in [2.75, 3.05) is 4.90 Å². The Kier molecular flexibility index (Phi) is 9.53. The molecule has 3 aromatic heterocycles. The molecule has 3 heterocycles. The Labute approximate surface area is 547 Å². The first-order valence-electron chi connectivity index (χ1n) is 33.8. The van der Waals surface area contributed by atoms with Gasteiger partial charge in [-0.05, 0) is 195 Å². The van der Waals surface area contributed by atoms with E-state index in [1.807, 2.05) is 0 Å². The highest BCUT2D eigenvalue weighted by molar-refractivity contribution is 6.23. The van der Waals surface area contributed by atoms with Gasteiger partial charge in [-0.25, -0.2) is 0 Å². The number of rotatable bonds is 3. The maximum Gasteiger partial charge on any atom is 0.144 e. The quantitative estimate of drug-likeness (QED) is 0.177. The summed E-state index contributed by atoms with van der Waals surface area (Å²) in [6.45, 7) is 29.4. The summed E-state index contributed by atoms with van der Waals surface area (Å²) >= 11 is 0. The molecule has 0 atom stereocenters. The molecular weight excluding hydrogens is 1140 g/mol. The fourth-order valence-corrected chi connectivity index (χ4v) is 20.2. The van der Waals surface area contributed by atoms with E-state index < -0.39 is 10.8 Å². The predicted octanol–water partition coefficient (Wildman–Crippen LogP) is 24.7. The lowest BCUT2D eigenvalue weighted by molar-refractivity contribution is 0.600. The lowest BCUT2D eigenvalue weighted by atomic mass is 9.72. The zero-order valence-electron chi connectivity index (χ0n) is 55.2. The highest BCUT2D eigenvalue weighted by Crippen LogP contribution is 2.67. The summed E-state index contributed by atoms with van der Waals surface area (Å²) in [6.07, 6.45) is 0. The van der Waals surface area contributed by atoms with Crippen LogP contribution in [0.15, 0.2) is 213 Å². The van der Waals surface area contributed by atoms with Gasteiger partial charge in [0.25, 0.3) is 0 Å². The number of nitrogens with zero attached hydrogens (tertiary/aromatic N) is 1. The number of furan rings is 3. The molecule has 0 N–H and O–H groups in total. The molecule has 4 nitrogen and oxygen atoms in total. The Morgan fingerprint density at radius 1 is 0.234 bits per heavy atom. The van der Waals surface area contributed by atoms with Crippen molar-refractivity contribution in [1.82, 2.24) is 0 Å². The number of para-hydroxylation sites is 3. The molecule has 6 aliphatic rings. The first-order valence-corrected chi connectivity index (χ1v) is 33.8. The van der Waals surface area contributed by atoms with Gasteiger partial charge in [-0.1, -0.05) is 210 Å². The second kappa shape index (κ2) is 16.8. The Morgan fingerprint density at radius 2 is 0.596 bits per heavy atom. The maximum absolute atomic E-state index is 7.22. The minimum Gasteiger partial charge on any atom is -0.456 e. The molecule has 94 heavy (non-hydrogen) atoms. The molecule has 0 aliphatic heterocycles. The molecule has 12 aromatic carbocycles. The number of fused-ring (bicyclic) bond motifs is 34. The minimum atomic E-state index is -0.407. The molecular formula is C90H69NO3. The average molecular weight is 1210 g/mol. The van der Waals surface area contributed by atoms with Crippen molar-refractivity contribution in [3.63, 3.8) is 0 Å². The van der Waals surface area contributed by atoms with Crippen LogP contribution in [0.4, 0.5) is 17.1 Å². The van der Waals surface area contributed by atoms with Crippen LogP contribution in [0.5, 0.6) is 0 Å². The van der Waals surface area contributed by atoms with Crippen LogP contribution in [0.1, 0.15) is 150 Å². The molecule has 0 radical (unpaired) electrons. The molecule has 15 aromatic rings. The topological polar surface area (TPSA) is 42.7 Å². The Morgan fingerprint density at radius 3 is 1.11 bits per heavy atom. The highest BCUT2D eigenvalue weighted by atomic mass is 16.3. The number of hydrogen-bond donors (Lipinski definition) is 0. The van der Waals surface area contributed by atoms with E-state index >= 15 is 0 Å². The van der Waals surface area contributed by atoms with Gasteiger partial charge in [0.15, 0.2) is 0 Å². The highest BCUT2D eigenvalue weighted by Gasteiger charge is 2.52. The van der Waals surface area contributed by atoms with E-state index in [2.05, 4.69) is 288 Å². The van der Waals surface area contributed by atoms with Gasteiger partial charge in [0.1, 0.15) is 33.5 Å². The molecule has 6 aliphatic carbocycles. The first-order chi connectivity index (χ1) is 45.2. The van der Waals surface area contributed by atoms with Gasteiger partial charge >= 0.3 is 0 Å². The van der Waals surface area contributed by atoms with Crippen LogP contribution in [0, 0.1) is 0 Å². The van der Waals surface area contributed by atoms with Gasteiger partial charge in [-0.2, -0.15) is 0 Å². The van der Waals surface area contributed by atoms with E-state index in [0.717, 1.165) is 50.6 Å². The van der Waals surface area contributed by atoms with E-state index in [-0.39, 0.29) is 21.7 Å². The lowest BCUT2D eigenvalue weighted by Gasteiger charge is -2.33. The van der Waals surface area contributed by atoms with Gasteiger partial charge in [-0.15, -0.1) is 0 Å². The Hall–Kier alpha value is -10.2. The first kappa shape index (κ1) is 53.4.